The van der Waals surface area contributed by atoms with Gasteiger partial charge in [-0.2, -0.15) is 9.78 Å². The average Bonchev–Trinajstić information content (AvgIpc) is 3.18. The number of anilines is 1. The van der Waals surface area contributed by atoms with Gasteiger partial charge in [-0.1, -0.05) is 30.3 Å². The van der Waals surface area contributed by atoms with E-state index >= 15 is 0 Å². The predicted molar refractivity (Wildman–Crippen MR) is 114 cm³/mol. The van der Waals surface area contributed by atoms with Crippen LogP contribution in [0, 0.1) is 12.7 Å². The molecule has 2 aromatic heterocycles. The largest absolute Gasteiger partial charge is 0.296 e. The molecule has 4 aromatic rings. The van der Waals surface area contributed by atoms with Crippen molar-refractivity contribution >= 4 is 22.4 Å². The maximum absolute atomic E-state index is 13.7. The molecule has 0 radical (unpaired) electrons. The van der Waals surface area contributed by atoms with E-state index in [1.165, 1.54) is 34.2 Å². The molecule has 0 aliphatic carbocycles. The SMILES string of the molecule is Cc1ccc(Cc2cnc(NC(=O)c3ccc(=O)n(-c4ccccc4)n3)s2)cc1F. The second-order valence-corrected chi connectivity index (χ2v) is 7.77. The Kier molecular flexibility index (Phi) is 5.49. The summed E-state index contributed by atoms with van der Waals surface area (Å²) in [7, 11) is 0. The monoisotopic (exact) mass is 420 g/mol. The van der Waals surface area contributed by atoms with Crippen LogP contribution in [0.5, 0.6) is 0 Å². The first-order valence-electron chi connectivity index (χ1n) is 9.16. The molecule has 4 rings (SSSR count). The molecular weight excluding hydrogens is 403 g/mol. The quantitative estimate of drug-likeness (QED) is 0.530. The Balaban J connectivity index is 1.49. The summed E-state index contributed by atoms with van der Waals surface area (Å²) in [5.41, 5.74) is 1.76. The fourth-order valence-electron chi connectivity index (χ4n) is 2.84. The van der Waals surface area contributed by atoms with Gasteiger partial charge in [0.25, 0.3) is 11.5 Å². The van der Waals surface area contributed by atoms with E-state index in [-0.39, 0.29) is 17.1 Å². The number of para-hydroxylation sites is 1. The van der Waals surface area contributed by atoms with Crippen molar-refractivity contribution in [2.75, 3.05) is 5.32 Å². The zero-order chi connectivity index (χ0) is 21.1. The van der Waals surface area contributed by atoms with Gasteiger partial charge in [0.1, 0.15) is 11.5 Å². The molecule has 0 bridgehead atoms. The molecular formula is C22H17FN4O2S. The van der Waals surface area contributed by atoms with Gasteiger partial charge in [0.05, 0.1) is 5.69 Å². The number of rotatable bonds is 5. The van der Waals surface area contributed by atoms with Crippen LogP contribution in [0.2, 0.25) is 0 Å². The van der Waals surface area contributed by atoms with Crippen molar-refractivity contribution in [3.05, 3.63) is 105 Å². The van der Waals surface area contributed by atoms with Crippen molar-refractivity contribution in [3.8, 4) is 5.69 Å². The Morgan fingerprint density at radius 1 is 1.13 bits per heavy atom. The third-order valence-corrected chi connectivity index (χ3v) is 5.34. The molecule has 6 nitrogen and oxygen atoms in total. The van der Waals surface area contributed by atoms with E-state index < -0.39 is 5.91 Å². The Morgan fingerprint density at radius 3 is 2.70 bits per heavy atom. The summed E-state index contributed by atoms with van der Waals surface area (Å²) in [6.45, 7) is 1.72. The Labute approximate surface area is 175 Å². The van der Waals surface area contributed by atoms with Gasteiger partial charge in [-0.25, -0.2) is 9.37 Å². The second-order valence-electron chi connectivity index (χ2n) is 6.65. The maximum atomic E-state index is 13.7. The molecule has 2 heterocycles. The van der Waals surface area contributed by atoms with Crippen LogP contribution in [-0.4, -0.2) is 20.7 Å². The number of aryl methyl sites for hydroxylation is 1. The minimum Gasteiger partial charge on any atom is -0.296 e. The van der Waals surface area contributed by atoms with Gasteiger partial charge in [-0.05, 0) is 42.3 Å². The van der Waals surface area contributed by atoms with Crippen LogP contribution in [0.4, 0.5) is 9.52 Å². The summed E-state index contributed by atoms with van der Waals surface area (Å²) in [6.07, 6.45) is 2.16. The van der Waals surface area contributed by atoms with Crippen LogP contribution in [0.3, 0.4) is 0 Å². The molecule has 150 valence electrons. The number of carbonyl (C=O) groups excluding carboxylic acids is 1. The normalized spacial score (nSPS) is 10.7. The topological polar surface area (TPSA) is 76.9 Å². The number of carbonyl (C=O) groups is 1. The molecule has 0 saturated heterocycles. The Hall–Kier alpha value is -3.65. The first kappa shape index (κ1) is 19.7. The summed E-state index contributed by atoms with van der Waals surface area (Å²) in [5.74, 6) is -0.716. The highest BCUT2D eigenvalue weighted by Crippen LogP contribution is 2.22. The summed E-state index contributed by atoms with van der Waals surface area (Å²) in [4.78, 5) is 29.8. The summed E-state index contributed by atoms with van der Waals surface area (Å²) in [5, 5.41) is 7.26. The fourth-order valence-corrected chi connectivity index (χ4v) is 3.68. The van der Waals surface area contributed by atoms with E-state index in [4.69, 9.17) is 0 Å². The van der Waals surface area contributed by atoms with E-state index in [9.17, 15) is 14.0 Å². The molecule has 2 aromatic carbocycles. The zero-order valence-electron chi connectivity index (χ0n) is 16.0. The van der Waals surface area contributed by atoms with Crippen molar-refractivity contribution in [2.45, 2.75) is 13.3 Å². The number of hydrogen-bond donors (Lipinski definition) is 1. The van der Waals surface area contributed by atoms with Gasteiger partial charge in [-0.15, -0.1) is 11.3 Å². The first-order valence-corrected chi connectivity index (χ1v) is 9.98. The third kappa shape index (κ3) is 4.33. The van der Waals surface area contributed by atoms with Gasteiger partial charge < -0.3 is 0 Å². The molecule has 0 atom stereocenters. The molecule has 1 N–H and O–H groups in total. The summed E-state index contributed by atoms with van der Waals surface area (Å²) in [6, 6.07) is 16.7. The number of amides is 1. The van der Waals surface area contributed by atoms with Crippen LogP contribution in [0.25, 0.3) is 5.69 Å². The van der Waals surface area contributed by atoms with Crippen LogP contribution in [0.1, 0.15) is 26.5 Å². The Bertz CT molecular complexity index is 1270. The maximum Gasteiger partial charge on any atom is 0.277 e. The van der Waals surface area contributed by atoms with E-state index in [1.807, 2.05) is 12.1 Å². The van der Waals surface area contributed by atoms with E-state index in [0.717, 1.165) is 10.4 Å². The molecule has 0 unspecified atom stereocenters. The van der Waals surface area contributed by atoms with Crippen LogP contribution < -0.4 is 10.9 Å². The third-order valence-electron chi connectivity index (χ3n) is 4.42. The number of aromatic nitrogens is 3. The number of hydrogen-bond acceptors (Lipinski definition) is 5. The smallest absolute Gasteiger partial charge is 0.277 e. The number of thiazole rings is 1. The van der Waals surface area contributed by atoms with Crippen molar-refractivity contribution in [2.24, 2.45) is 0 Å². The lowest BCUT2D eigenvalue weighted by Crippen LogP contribution is -2.24. The van der Waals surface area contributed by atoms with Crippen LogP contribution in [-0.2, 0) is 6.42 Å². The van der Waals surface area contributed by atoms with Gasteiger partial charge in [0, 0.05) is 23.6 Å². The van der Waals surface area contributed by atoms with E-state index in [2.05, 4.69) is 15.4 Å². The van der Waals surface area contributed by atoms with Gasteiger partial charge >= 0.3 is 0 Å². The summed E-state index contributed by atoms with van der Waals surface area (Å²) < 4.78 is 14.9. The number of halogens is 1. The lowest BCUT2D eigenvalue weighted by molar-refractivity contribution is 0.102. The average molecular weight is 420 g/mol. The second kappa shape index (κ2) is 8.38. The fraction of sp³-hybridized carbons (Fsp3) is 0.0909. The van der Waals surface area contributed by atoms with Crippen molar-refractivity contribution in [1.82, 2.24) is 14.8 Å². The number of benzene rings is 2. The molecule has 8 heteroatoms. The minimum absolute atomic E-state index is 0.0933. The molecule has 30 heavy (non-hydrogen) atoms. The van der Waals surface area contributed by atoms with E-state index in [0.29, 0.717) is 22.8 Å². The molecule has 0 aliphatic heterocycles. The molecule has 0 fully saturated rings. The van der Waals surface area contributed by atoms with Gasteiger partial charge in [-0.3, -0.25) is 14.9 Å². The molecule has 0 saturated carbocycles. The molecule has 0 aliphatic rings. The van der Waals surface area contributed by atoms with Crippen molar-refractivity contribution in [3.63, 3.8) is 0 Å². The van der Waals surface area contributed by atoms with Crippen molar-refractivity contribution < 1.29 is 9.18 Å². The standard InChI is InChI=1S/C22H17FN4O2S/c1-14-7-8-15(12-18(14)23)11-17-13-24-22(30-17)25-21(29)19-9-10-20(28)27(26-19)16-5-3-2-4-6-16/h2-10,12-13H,11H2,1H3,(H,24,25,29). The summed E-state index contributed by atoms with van der Waals surface area (Å²) >= 11 is 1.30. The lowest BCUT2D eigenvalue weighted by Gasteiger charge is -2.06. The highest BCUT2D eigenvalue weighted by Gasteiger charge is 2.13. The van der Waals surface area contributed by atoms with Crippen molar-refractivity contribution in [1.29, 1.82) is 0 Å². The van der Waals surface area contributed by atoms with Crippen LogP contribution >= 0.6 is 11.3 Å². The highest BCUT2D eigenvalue weighted by atomic mass is 32.1. The lowest BCUT2D eigenvalue weighted by atomic mass is 10.1. The van der Waals surface area contributed by atoms with Gasteiger partial charge in [0.2, 0.25) is 0 Å². The predicted octanol–water partition coefficient (Wildman–Crippen LogP) is 3.98. The van der Waals surface area contributed by atoms with E-state index in [1.54, 1.807) is 43.5 Å². The molecule has 1 amide bonds. The van der Waals surface area contributed by atoms with Crippen LogP contribution in [0.15, 0.2) is 71.7 Å². The highest BCUT2D eigenvalue weighted by molar-refractivity contribution is 7.15. The number of nitrogens with one attached hydrogen (secondary N) is 1. The zero-order valence-corrected chi connectivity index (χ0v) is 16.8. The Morgan fingerprint density at radius 2 is 1.93 bits per heavy atom. The minimum atomic E-state index is -0.470. The first-order chi connectivity index (χ1) is 14.5. The molecule has 0 spiro atoms. The van der Waals surface area contributed by atoms with Gasteiger partial charge in [0.15, 0.2) is 5.13 Å². The number of nitrogens with zero attached hydrogens (tertiary/aromatic N) is 3.